The number of fused-ring (bicyclic) bond motifs is 1. The van der Waals surface area contributed by atoms with Crippen molar-refractivity contribution < 1.29 is 19.1 Å². The smallest absolute Gasteiger partial charge is 0.317 e. The Morgan fingerprint density at radius 1 is 1.26 bits per heavy atom. The van der Waals surface area contributed by atoms with E-state index in [1.54, 1.807) is 4.90 Å². The normalized spacial score (nSPS) is 15.7. The summed E-state index contributed by atoms with van der Waals surface area (Å²) in [5.41, 5.74) is 0.851. The average Bonchev–Trinajstić information content (AvgIpc) is 2.97. The lowest BCUT2D eigenvalue weighted by molar-refractivity contribution is -0.143. The molecule has 3 rings (SSSR count). The van der Waals surface area contributed by atoms with Gasteiger partial charge in [0.2, 0.25) is 0 Å². The fraction of sp³-hybridized carbons (Fsp3) is 0.412. The lowest BCUT2D eigenvalue weighted by Crippen LogP contribution is -2.45. The molecule has 6 nitrogen and oxygen atoms in total. The molecule has 0 saturated carbocycles. The summed E-state index contributed by atoms with van der Waals surface area (Å²) in [6.07, 6.45) is 1.67. The van der Waals surface area contributed by atoms with Crippen molar-refractivity contribution in [1.29, 1.82) is 0 Å². The monoisotopic (exact) mass is 316 g/mol. The number of likely N-dealkylation sites (tertiary alicyclic amines) is 1. The maximum Gasteiger partial charge on any atom is 0.317 e. The molecule has 2 amide bonds. The van der Waals surface area contributed by atoms with Crippen LogP contribution in [0.5, 0.6) is 0 Å². The second kappa shape index (κ2) is 6.73. The quantitative estimate of drug-likeness (QED) is 0.908. The Kier molecular flexibility index (Phi) is 4.50. The van der Waals surface area contributed by atoms with Crippen molar-refractivity contribution >= 4 is 23.0 Å². The molecule has 1 fully saturated rings. The topological polar surface area (TPSA) is 82.8 Å². The number of hydrogen-bond donors (Lipinski definition) is 2. The van der Waals surface area contributed by atoms with E-state index >= 15 is 0 Å². The Labute approximate surface area is 134 Å². The standard InChI is InChI=1S/C17H20N2O4/c20-16(21)12-6-9-19(10-7-12)17(22)18-8-5-14-11-13-3-1-2-4-15(13)23-14/h1-4,11-12H,5-10H2,(H,18,22)(H,20,21). The maximum absolute atomic E-state index is 12.1. The molecule has 2 aromatic rings. The van der Waals surface area contributed by atoms with Crippen molar-refractivity contribution in [3.8, 4) is 0 Å². The molecule has 1 aliphatic rings. The molecule has 6 heteroatoms. The molecule has 0 bridgehead atoms. The molecule has 1 aromatic carbocycles. The van der Waals surface area contributed by atoms with Gasteiger partial charge in [-0.3, -0.25) is 4.79 Å². The summed E-state index contributed by atoms with van der Waals surface area (Å²) in [6.45, 7) is 1.48. The van der Waals surface area contributed by atoms with Gasteiger partial charge in [-0.2, -0.15) is 0 Å². The number of carbonyl (C=O) groups is 2. The van der Waals surface area contributed by atoms with Gasteiger partial charge in [0.1, 0.15) is 11.3 Å². The van der Waals surface area contributed by atoms with Crippen molar-refractivity contribution in [2.75, 3.05) is 19.6 Å². The summed E-state index contributed by atoms with van der Waals surface area (Å²) >= 11 is 0. The molecule has 1 aliphatic heterocycles. The number of nitrogens with zero attached hydrogens (tertiary/aromatic N) is 1. The van der Waals surface area contributed by atoms with Crippen LogP contribution >= 0.6 is 0 Å². The molecule has 1 saturated heterocycles. The highest BCUT2D eigenvalue weighted by Crippen LogP contribution is 2.19. The van der Waals surface area contributed by atoms with E-state index < -0.39 is 5.97 Å². The SMILES string of the molecule is O=C(O)C1CCN(C(=O)NCCc2cc3ccccc3o2)CC1. The van der Waals surface area contributed by atoms with Gasteiger partial charge in [0.25, 0.3) is 0 Å². The molecule has 122 valence electrons. The Bertz CT molecular complexity index is 668. The minimum absolute atomic E-state index is 0.134. The number of benzene rings is 1. The number of furan rings is 1. The fourth-order valence-electron chi connectivity index (χ4n) is 2.89. The third-order valence-corrected chi connectivity index (χ3v) is 4.26. The molecule has 0 radical (unpaired) electrons. The summed E-state index contributed by atoms with van der Waals surface area (Å²) in [6, 6.07) is 9.66. The van der Waals surface area contributed by atoms with Crippen LogP contribution in [0.2, 0.25) is 0 Å². The number of rotatable bonds is 4. The summed E-state index contributed by atoms with van der Waals surface area (Å²) in [5.74, 6) is -0.249. The van der Waals surface area contributed by atoms with Crippen LogP contribution in [0.4, 0.5) is 4.79 Å². The number of para-hydroxylation sites is 1. The highest BCUT2D eigenvalue weighted by atomic mass is 16.4. The maximum atomic E-state index is 12.1. The first-order valence-electron chi connectivity index (χ1n) is 7.86. The first-order valence-corrected chi connectivity index (χ1v) is 7.86. The number of carbonyl (C=O) groups excluding carboxylic acids is 1. The Morgan fingerprint density at radius 3 is 2.70 bits per heavy atom. The van der Waals surface area contributed by atoms with Crippen molar-refractivity contribution in [1.82, 2.24) is 10.2 Å². The molecular formula is C17H20N2O4. The second-order valence-electron chi connectivity index (χ2n) is 5.83. The highest BCUT2D eigenvalue weighted by molar-refractivity contribution is 5.78. The van der Waals surface area contributed by atoms with Gasteiger partial charge in [-0.25, -0.2) is 4.79 Å². The lowest BCUT2D eigenvalue weighted by Gasteiger charge is -2.30. The number of amides is 2. The molecule has 0 spiro atoms. The lowest BCUT2D eigenvalue weighted by atomic mass is 9.97. The van der Waals surface area contributed by atoms with Crippen LogP contribution in [-0.4, -0.2) is 41.6 Å². The summed E-state index contributed by atoms with van der Waals surface area (Å²) in [7, 11) is 0. The van der Waals surface area contributed by atoms with E-state index in [4.69, 9.17) is 9.52 Å². The van der Waals surface area contributed by atoms with Gasteiger partial charge >= 0.3 is 12.0 Å². The molecule has 0 unspecified atom stereocenters. The molecular weight excluding hydrogens is 296 g/mol. The molecule has 23 heavy (non-hydrogen) atoms. The highest BCUT2D eigenvalue weighted by Gasteiger charge is 2.26. The van der Waals surface area contributed by atoms with Gasteiger partial charge < -0.3 is 19.7 Å². The van der Waals surface area contributed by atoms with Crippen LogP contribution in [0.15, 0.2) is 34.7 Å². The van der Waals surface area contributed by atoms with Gasteiger partial charge in [-0.05, 0) is 25.0 Å². The predicted molar refractivity (Wildman–Crippen MR) is 85.2 cm³/mol. The van der Waals surface area contributed by atoms with Crippen LogP contribution < -0.4 is 5.32 Å². The number of nitrogens with one attached hydrogen (secondary N) is 1. The van der Waals surface area contributed by atoms with Gasteiger partial charge in [-0.15, -0.1) is 0 Å². The zero-order valence-corrected chi connectivity index (χ0v) is 12.8. The van der Waals surface area contributed by atoms with E-state index in [1.807, 2.05) is 30.3 Å². The largest absolute Gasteiger partial charge is 0.481 e. The van der Waals surface area contributed by atoms with Crippen LogP contribution in [0, 0.1) is 5.92 Å². The molecule has 0 aliphatic carbocycles. The molecule has 0 atom stereocenters. The number of carboxylic acids is 1. The first-order chi connectivity index (χ1) is 11.1. The second-order valence-corrected chi connectivity index (χ2v) is 5.83. The van der Waals surface area contributed by atoms with Crippen LogP contribution in [0.1, 0.15) is 18.6 Å². The summed E-state index contributed by atoms with van der Waals surface area (Å²) < 4.78 is 5.71. The summed E-state index contributed by atoms with van der Waals surface area (Å²) in [5, 5.41) is 12.9. The third-order valence-electron chi connectivity index (χ3n) is 4.26. The van der Waals surface area contributed by atoms with E-state index in [0.29, 0.717) is 38.9 Å². The molecule has 2 heterocycles. The van der Waals surface area contributed by atoms with Crippen molar-refractivity contribution in [3.05, 3.63) is 36.1 Å². The third kappa shape index (κ3) is 3.64. The van der Waals surface area contributed by atoms with Gasteiger partial charge in [0.15, 0.2) is 0 Å². The number of hydrogen-bond acceptors (Lipinski definition) is 3. The Hall–Kier alpha value is -2.50. The number of aliphatic carboxylic acids is 1. The van der Waals surface area contributed by atoms with Crippen LogP contribution in [0.3, 0.4) is 0 Å². The van der Waals surface area contributed by atoms with Crippen molar-refractivity contribution in [2.45, 2.75) is 19.3 Å². The van der Waals surface area contributed by atoms with E-state index in [2.05, 4.69) is 5.32 Å². The van der Waals surface area contributed by atoms with E-state index in [9.17, 15) is 9.59 Å². The molecule has 2 N–H and O–H groups in total. The zero-order valence-electron chi connectivity index (χ0n) is 12.8. The number of piperidine rings is 1. The van der Waals surface area contributed by atoms with Gasteiger partial charge in [-0.1, -0.05) is 18.2 Å². The van der Waals surface area contributed by atoms with E-state index in [-0.39, 0.29) is 11.9 Å². The zero-order chi connectivity index (χ0) is 16.2. The van der Waals surface area contributed by atoms with Gasteiger partial charge in [0, 0.05) is 31.4 Å². The molecule has 1 aromatic heterocycles. The minimum atomic E-state index is -0.769. The number of urea groups is 1. The van der Waals surface area contributed by atoms with Crippen LogP contribution in [-0.2, 0) is 11.2 Å². The fourth-order valence-corrected chi connectivity index (χ4v) is 2.89. The minimum Gasteiger partial charge on any atom is -0.481 e. The van der Waals surface area contributed by atoms with Crippen molar-refractivity contribution in [3.63, 3.8) is 0 Å². The number of carboxylic acid groups (broad SMARTS) is 1. The Balaban J connectivity index is 1.45. The average molecular weight is 316 g/mol. The first kappa shape index (κ1) is 15.4. The Morgan fingerprint density at radius 2 is 2.00 bits per heavy atom. The van der Waals surface area contributed by atoms with Crippen molar-refractivity contribution in [2.24, 2.45) is 5.92 Å². The summed E-state index contributed by atoms with van der Waals surface area (Å²) in [4.78, 5) is 24.7. The van der Waals surface area contributed by atoms with Crippen LogP contribution in [0.25, 0.3) is 11.0 Å². The van der Waals surface area contributed by atoms with E-state index in [1.165, 1.54) is 0 Å². The van der Waals surface area contributed by atoms with E-state index in [0.717, 1.165) is 16.7 Å². The van der Waals surface area contributed by atoms with Gasteiger partial charge in [0.05, 0.1) is 5.92 Å². The predicted octanol–water partition coefficient (Wildman–Crippen LogP) is 2.48.